The van der Waals surface area contributed by atoms with Gasteiger partial charge in [0.2, 0.25) is 0 Å². The van der Waals surface area contributed by atoms with Gasteiger partial charge in [-0.15, -0.1) is 0 Å². The minimum absolute atomic E-state index is 0.0257. The molecule has 0 saturated heterocycles. The third-order valence-electron chi connectivity index (χ3n) is 9.02. The van der Waals surface area contributed by atoms with Crippen molar-refractivity contribution in [2.45, 2.75) is 76.5 Å². The summed E-state index contributed by atoms with van der Waals surface area (Å²) in [7, 11) is 0. The fraction of sp³-hybridized carbons (Fsp3) is 0.349. The molecule has 4 rings (SSSR count). The molecule has 0 aromatic heterocycles. The molecule has 0 aliphatic rings. The highest BCUT2D eigenvalue weighted by atomic mass is 16.6. The summed E-state index contributed by atoms with van der Waals surface area (Å²) in [6, 6.07) is 36.9. The molecule has 0 radical (unpaired) electrons. The number of alkyl carbamates (subject to hydrolysis) is 2. The highest BCUT2D eigenvalue weighted by Gasteiger charge is 2.36. The van der Waals surface area contributed by atoms with Crippen LogP contribution in [0, 0.1) is 0 Å². The Kier molecular flexibility index (Phi) is 17.7. The first-order chi connectivity index (χ1) is 26.7. The maximum atomic E-state index is 13.9. The van der Waals surface area contributed by atoms with Crippen LogP contribution >= 0.6 is 0 Å². The van der Waals surface area contributed by atoms with Crippen LogP contribution in [0.15, 0.2) is 121 Å². The minimum Gasteiger partial charge on any atom is -0.445 e. The predicted molar refractivity (Wildman–Crippen MR) is 210 cm³/mol. The van der Waals surface area contributed by atoms with Crippen molar-refractivity contribution in [3.05, 3.63) is 144 Å². The number of ether oxygens (including phenoxy) is 3. The van der Waals surface area contributed by atoms with Gasteiger partial charge in [0.05, 0.1) is 11.7 Å². The lowest BCUT2D eigenvalue weighted by molar-refractivity contribution is -0.120. The van der Waals surface area contributed by atoms with Crippen molar-refractivity contribution >= 4 is 24.1 Å². The summed E-state index contributed by atoms with van der Waals surface area (Å²) in [5.41, 5.74) is 15.6. The first-order valence-corrected chi connectivity index (χ1v) is 18.7. The zero-order valence-corrected chi connectivity index (χ0v) is 31.3. The number of nitrogens with one attached hydrogen (secondary N) is 2. The molecule has 0 bridgehead atoms. The van der Waals surface area contributed by atoms with Gasteiger partial charge in [-0.05, 0) is 60.8 Å². The molecule has 4 aromatic carbocycles. The average Bonchev–Trinajstić information content (AvgIpc) is 3.21. The summed E-state index contributed by atoms with van der Waals surface area (Å²) in [6.45, 7) is 0.846. The Hall–Kier alpha value is -5.72. The van der Waals surface area contributed by atoms with Crippen molar-refractivity contribution in [3.8, 4) is 0 Å². The molecule has 6 N–H and O–H groups in total. The molecule has 12 nitrogen and oxygen atoms in total. The van der Waals surface area contributed by atoms with Crippen molar-refractivity contribution in [2.75, 3.05) is 19.6 Å². The number of hydrogen-bond acceptors (Lipinski definition) is 9. The highest BCUT2D eigenvalue weighted by molar-refractivity contribution is 5.84. The molecule has 0 aliphatic heterocycles. The molecule has 2 atom stereocenters. The lowest BCUT2D eigenvalue weighted by atomic mass is 9.93. The van der Waals surface area contributed by atoms with E-state index in [4.69, 9.17) is 25.7 Å². The summed E-state index contributed by atoms with van der Waals surface area (Å²) in [5, 5.41) is 5.49. The minimum atomic E-state index is -1.28. The number of carbonyl (C=O) groups is 4. The Morgan fingerprint density at radius 2 is 1.00 bits per heavy atom. The van der Waals surface area contributed by atoms with Crippen molar-refractivity contribution in [1.82, 2.24) is 15.5 Å². The number of nitrogens with zero attached hydrogens (tertiary/aromatic N) is 1. The number of amides is 3. The zero-order chi connectivity index (χ0) is 39.1. The fourth-order valence-corrected chi connectivity index (χ4v) is 5.98. The van der Waals surface area contributed by atoms with Crippen LogP contribution in [-0.4, -0.2) is 60.3 Å². The van der Waals surface area contributed by atoms with E-state index in [1.807, 2.05) is 121 Å². The van der Waals surface area contributed by atoms with Crippen molar-refractivity contribution in [3.63, 3.8) is 0 Å². The molecule has 0 fully saturated rings. The lowest BCUT2D eigenvalue weighted by Crippen LogP contribution is -2.59. The lowest BCUT2D eigenvalue weighted by Gasteiger charge is -2.41. The molecule has 2 unspecified atom stereocenters. The topological polar surface area (TPSA) is 175 Å². The first kappa shape index (κ1) is 42.0. The number of Topliss-reactive ketones (excluding diaryl/α,β-unsaturated/α-hetero) is 1. The van der Waals surface area contributed by atoms with Gasteiger partial charge < -0.3 is 36.3 Å². The summed E-state index contributed by atoms with van der Waals surface area (Å²) < 4.78 is 16.4. The smallest absolute Gasteiger partial charge is 0.411 e. The van der Waals surface area contributed by atoms with E-state index in [1.54, 1.807) is 0 Å². The number of ketones is 1. The normalized spacial score (nSPS) is 12.4. The van der Waals surface area contributed by atoms with Gasteiger partial charge in [-0.2, -0.15) is 0 Å². The molecule has 0 saturated carbocycles. The molecule has 12 heteroatoms. The molecule has 292 valence electrons. The monoisotopic (exact) mass is 751 g/mol. The van der Waals surface area contributed by atoms with E-state index >= 15 is 0 Å². The van der Waals surface area contributed by atoms with E-state index in [0.717, 1.165) is 22.3 Å². The van der Waals surface area contributed by atoms with E-state index in [-0.39, 0.29) is 64.5 Å². The fourth-order valence-electron chi connectivity index (χ4n) is 5.98. The van der Waals surface area contributed by atoms with Crippen LogP contribution in [-0.2, 0) is 45.2 Å². The standard InChI is InChI=1S/C43H53N5O7/c44-38(30-34-16-5-1-6-17-34)39(49)24-13-25-43(45,26-14-27-46-40(50)53-31-35-18-7-2-8-19-35)48(42(52)55-33-37-22-11-4-12-23-37)29-15-28-47-41(51)54-32-36-20-9-3-10-21-36/h1-12,16-23,38H,13-15,24-33,44-45H2,(H,46,50)(H,47,51). The van der Waals surface area contributed by atoms with Gasteiger partial charge in [0.25, 0.3) is 0 Å². The Balaban J connectivity index is 1.40. The quantitative estimate of drug-likeness (QED) is 0.0391. The van der Waals surface area contributed by atoms with Crippen molar-refractivity contribution in [1.29, 1.82) is 0 Å². The van der Waals surface area contributed by atoms with Crippen LogP contribution in [0.3, 0.4) is 0 Å². The van der Waals surface area contributed by atoms with Crippen LogP contribution in [0.25, 0.3) is 0 Å². The van der Waals surface area contributed by atoms with E-state index in [2.05, 4.69) is 10.6 Å². The molecule has 55 heavy (non-hydrogen) atoms. The van der Waals surface area contributed by atoms with E-state index < -0.39 is 30.0 Å². The summed E-state index contributed by atoms with van der Waals surface area (Å²) in [4.78, 5) is 53.3. The van der Waals surface area contributed by atoms with Crippen LogP contribution < -0.4 is 22.1 Å². The van der Waals surface area contributed by atoms with Crippen LogP contribution in [0.5, 0.6) is 0 Å². The molecular formula is C43H53N5O7. The predicted octanol–water partition coefficient (Wildman–Crippen LogP) is 6.61. The van der Waals surface area contributed by atoms with Gasteiger partial charge in [0.15, 0.2) is 0 Å². The number of carbonyl (C=O) groups excluding carboxylic acids is 4. The number of rotatable bonds is 22. The number of benzene rings is 4. The van der Waals surface area contributed by atoms with E-state index in [9.17, 15) is 19.2 Å². The maximum absolute atomic E-state index is 13.9. The summed E-state index contributed by atoms with van der Waals surface area (Å²) >= 11 is 0. The second-order valence-electron chi connectivity index (χ2n) is 13.3. The molecule has 0 aliphatic carbocycles. The van der Waals surface area contributed by atoms with Gasteiger partial charge in [-0.25, -0.2) is 14.4 Å². The molecule has 4 aromatic rings. The molecule has 3 amide bonds. The van der Waals surface area contributed by atoms with E-state index in [1.165, 1.54) is 4.90 Å². The third kappa shape index (κ3) is 15.7. The van der Waals surface area contributed by atoms with Crippen molar-refractivity contribution in [2.24, 2.45) is 11.5 Å². The van der Waals surface area contributed by atoms with Crippen LogP contribution in [0.1, 0.15) is 60.8 Å². The van der Waals surface area contributed by atoms with Gasteiger partial charge in [0, 0.05) is 26.1 Å². The Morgan fingerprint density at radius 1 is 0.582 bits per heavy atom. The Labute approximate surface area is 323 Å². The Bertz CT molecular complexity index is 1730. The molecular weight excluding hydrogens is 699 g/mol. The molecule has 0 heterocycles. The van der Waals surface area contributed by atoms with Gasteiger partial charge in [-0.3, -0.25) is 9.69 Å². The van der Waals surface area contributed by atoms with E-state index in [0.29, 0.717) is 25.7 Å². The van der Waals surface area contributed by atoms with Crippen molar-refractivity contribution < 1.29 is 33.4 Å². The third-order valence-corrected chi connectivity index (χ3v) is 9.02. The SMILES string of the molecule is NC(Cc1ccccc1)C(=O)CCCC(N)(CCCNC(=O)OCc1ccccc1)N(CCCNC(=O)OCc1ccccc1)C(=O)OCc1ccccc1. The van der Waals surface area contributed by atoms with Gasteiger partial charge in [-0.1, -0.05) is 121 Å². The zero-order valence-electron chi connectivity index (χ0n) is 31.3. The number of nitrogens with two attached hydrogens (primary N) is 2. The summed E-state index contributed by atoms with van der Waals surface area (Å²) in [6.07, 6.45) is 0.389. The number of hydrogen-bond donors (Lipinski definition) is 4. The van der Waals surface area contributed by atoms with Gasteiger partial charge in [0.1, 0.15) is 25.6 Å². The van der Waals surface area contributed by atoms with Crippen LogP contribution in [0.4, 0.5) is 14.4 Å². The Morgan fingerprint density at radius 3 is 1.49 bits per heavy atom. The van der Waals surface area contributed by atoms with Crippen LogP contribution in [0.2, 0.25) is 0 Å². The second kappa shape index (κ2) is 23.1. The second-order valence-corrected chi connectivity index (χ2v) is 13.3. The van der Waals surface area contributed by atoms with Gasteiger partial charge >= 0.3 is 18.3 Å². The highest BCUT2D eigenvalue weighted by Crippen LogP contribution is 2.25. The maximum Gasteiger partial charge on any atom is 0.411 e. The average molecular weight is 752 g/mol. The largest absolute Gasteiger partial charge is 0.445 e. The first-order valence-electron chi connectivity index (χ1n) is 18.7. The summed E-state index contributed by atoms with van der Waals surface area (Å²) in [5.74, 6) is -0.106. The molecule has 0 spiro atoms.